The minimum absolute atomic E-state index is 0.0503. The van der Waals surface area contributed by atoms with E-state index in [0.717, 1.165) is 39.4 Å². The van der Waals surface area contributed by atoms with Crippen LogP contribution in [0.15, 0.2) is 83.8 Å². The average molecular weight is 614 g/mol. The van der Waals surface area contributed by atoms with Crippen LogP contribution >= 0.6 is 0 Å². The SMILES string of the molecule is COc1ccc(-c2cc(C(=O)N3CCN(S(=O)(=O)c4cccc(C(F)(F)F)c4)CC3)c(C)n2-c2cccc(OC)c2)cc1. The van der Waals surface area contributed by atoms with Gasteiger partial charge in [0, 0.05) is 43.6 Å². The fraction of sp³-hybridized carbons (Fsp3) is 0.258. The summed E-state index contributed by atoms with van der Waals surface area (Å²) < 4.78 is 79.7. The minimum atomic E-state index is -4.67. The molecule has 0 radical (unpaired) electrons. The molecule has 1 aromatic heterocycles. The summed E-state index contributed by atoms with van der Waals surface area (Å²) in [6.45, 7) is 1.90. The Hall–Kier alpha value is -4.29. The van der Waals surface area contributed by atoms with Crippen LogP contribution in [-0.2, 0) is 16.2 Å². The van der Waals surface area contributed by atoms with Crippen molar-refractivity contribution in [3.05, 3.63) is 95.7 Å². The first-order chi connectivity index (χ1) is 20.4. The van der Waals surface area contributed by atoms with Crippen LogP contribution in [0.25, 0.3) is 16.9 Å². The smallest absolute Gasteiger partial charge is 0.416 e. The highest BCUT2D eigenvalue weighted by Crippen LogP contribution is 2.34. The Labute approximate surface area is 247 Å². The summed E-state index contributed by atoms with van der Waals surface area (Å²) in [6.07, 6.45) is -4.67. The maximum Gasteiger partial charge on any atom is 0.416 e. The lowest BCUT2D eigenvalue weighted by Gasteiger charge is -2.34. The minimum Gasteiger partial charge on any atom is -0.497 e. The molecule has 12 heteroatoms. The number of benzene rings is 3. The molecule has 0 N–H and O–H groups in total. The van der Waals surface area contributed by atoms with Crippen LogP contribution in [0.4, 0.5) is 13.2 Å². The van der Waals surface area contributed by atoms with Crippen LogP contribution in [0.3, 0.4) is 0 Å². The first kappa shape index (κ1) is 30.2. The summed E-state index contributed by atoms with van der Waals surface area (Å²) in [5, 5.41) is 0. The monoisotopic (exact) mass is 613 g/mol. The van der Waals surface area contributed by atoms with Crippen molar-refractivity contribution in [1.82, 2.24) is 13.8 Å². The Kier molecular flexibility index (Phi) is 8.26. The molecule has 3 aromatic carbocycles. The normalized spacial score (nSPS) is 14.5. The lowest BCUT2D eigenvalue weighted by atomic mass is 10.1. The van der Waals surface area contributed by atoms with Crippen molar-refractivity contribution in [3.63, 3.8) is 0 Å². The third-order valence-corrected chi connectivity index (χ3v) is 9.39. The van der Waals surface area contributed by atoms with Gasteiger partial charge in [0.25, 0.3) is 5.91 Å². The van der Waals surface area contributed by atoms with E-state index in [1.54, 1.807) is 19.1 Å². The summed E-state index contributed by atoms with van der Waals surface area (Å²) in [5.74, 6) is 1.07. The summed E-state index contributed by atoms with van der Waals surface area (Å²) in [5.41, 5.74) is 2.50. The van der Waals surface area contributed by atoms with Crippen molar-refractivity contribution in [2.24, 2.45) is 0 Å². The number of piperazine rings is 1. The highest BCUT2D eigenvalue weighted by molar-refractivity contribution is 7.89. The number of rotatable bonds is 7. The predicted molar refractivity (Wildman–Crippen MR) is 155 cm³/mol. The molecule has 0 unspecified atom stereocenters. The Morgan fingerprint density at radius 2 is 1.47 bits per heavy atom. The van der Waals surface area contributed by atoms with Gasteiger partial charge in [-0.1, -0.05) is 12.1 Å². The van der Waals surface area contributed by atoms with Crippen LogP contribution in [0, 0.1) is 6.92 Å². The molecule has 1 aliphatic heterocycles. The van der Waals surface area contributed by atoms with Gasteiger partial charge in [-0.25, -0.2) is 8.42 Å². The number of hydrogen-bond acceptors (Lipinski definition) is 5. The van der Waals surface area contributed by atoms with Crippen LogP contribution in [-0.4, -0.2) is 68.5 Å². The van der Waals surface area contributed by atoms with E-state index in [4.69, 9.17) is 9.47 Å². The van der Waals surface area contributed by atoms with Crippen molar-refractivity contribution >= 4 is 15.9 Å². The number of aromatic nitrogens is 1. The number of carbonyl (C=O) groups excluding carboxylic acids is 1. The number of methoxy groups -OCH3 is 2. The van der Waals surface area contributed by atoms with Gasteiger partial charge in [-0.3, -0.25) is 4.79 Å². The number of hydrogen-bond donors (Lipinski definition) is 0. The highest BCUT2D eigenvalue weighted by atomic mass is 32.2. The summed E-state index contributed by atoms with van der Waals surface area (Å²) >= 11 is 0. The first-order valence-electron chi connectivity index (χ1n) is 13.4. The molecule has 4 aromatic rings. The van der Waals surface area contributed by atoms with Gasteiger partial charge in [0.05, 0.1) is 35.9 Å². The lowest BCUT2D eigenvalue weighted by molar-refractivity contribution is -0.137. The molecule has 226 valence electrons. The number of sulfonamides is 1. The largest absolute Gasteiger partial charge is 0.497 e. The molecular formula is C31H30F3N3O5S. The maximum absolute atomic E-state index is 13.8. The van der Waals surface area contributed by atoms with Crippen LogP contribution in [0.5, 0.6) is 11.5 Å². The molecule has 1 aliphatic rings. The zero-order valence-corrected chi connectivity index (χ0v) is 24.6. The van der Waals surface area contributed by atoms with E-state index in [1.807, 2.05) is 66.1 Å². The van der Waals surface area contributed by atoms with Crippen molar-refractivity contribution in [3.8, 4) is 28.4 Å². The number of nitrogens with zero attached hydrogens (tertiary/aromatic N) is 3. The fourth-order valence-corrected chi connectivity index (χ4v) is 6.63. The molecule has 5 rings (SSSR count). The quantitative estimate of drug-likeness (QED) is 0.270. The van der Waals surface area contributed by atoms with Gasteiger partial charge in [-0.05, 0) is 73.2 Å². The number of halogens is 3. The average Bonchev–Trinajstić information content (AvgIpc) is 3.37. The van der Waals surface area contributed by atoms with Crippen molar-refractivity contribution in [2.75, 3.05) is 40.4 Å². The van der Waals surface area contributed by atoms with Gasteiger partial charge in [0.2, 0.25) is 10.0 Å². The van der Waals surface area contributed by atoms with Crippen LogP contribution < -0.4 is 9.47 Å². The van der Waals surface area contributed by atoms with Crippen molar-refractivity contribution in [1.29, 1.82) is 0 Å². The van der Waals surface area contributed by atoms with Gasteiger partial charge in [-0.15, -0.1) is 0 Å². The van der Waals surface area contributed by atoms with Gasteiger partial charge in [0.15, 0.2) is 0 Å². The van der Waals surface area contributed by atoms with Crippen LogP contribution in [0.1, 0.15) is 21.6 Å². The highest BCUT2D eigenvalue weighted by Gasteiger charge is 2.35. The number of ether oxygens (including phenoxy) is 2. The number of amides is 1. The molecule has 43 heavy (non-hydrogen) atoms. The standard InChI is InChI=1S/C31H30F3N3O5S/c1-21-28(20-29(22-10-12-25(41-2)13-11-22)37(21)24-7-5-8-26(19-24)42-3)30(38)35-14-16-36(17-15-35)43(39,40)27-9-4-6-23(18-27)31(32,33)34/h4-13,18-20H,14-17H2,1-3H3. The maximum atomic E-state index is 13.8. The van der Waals surface area contributed by atoms with Gasteiger partial charge >= 0.3 is 6.18 Å². The third kappa shape index (κ3) is 5.98. The molecule has 8 nitrogen and oxygen atoms in total. The third-order valence-electron chi connectivity index (χ3n) is 7.50. The van der Waals surface area contributed by atoms with E-state index in [1.165, 1.54) is 0 Å². The van der Waals surface area contributed by atoms with E-state index >= 15 is 0 Å². The summed E-state index contributed by atoms with van der Waals surface area (Å²) in [4.78, 5) is 15.0. The van der Waals surface area contributed by atoms with Gasteiger partial charge < -0.3 is 18.9 Å². The summed E-state index contributed by atoms with van der Waals surface area (Å²) in [7, 11) is -1.02. The zero-order chi connectivity index (χ0) is 30.9. The molecule has 0 bridgehead atoms. The second kappa shape index (κ2) is 11.8. The molecule has 2 heterocycles. The van der Waals surface area contributed by atoms with E-state index in [9.17, 15) is 26.4 Å². The molecule has 1 fully saturated rings. The van der Waals surface area contributed by atoms with E-state index in [-0.39, 0.29) is 32.1 Å². The molecule has 0 aliphatic carbocycles. The molecule has 0 atom stereocenters. The van der Waals surface area contributed by atoms with Crippen LogP contribution in [0.2, 0.25) is 0 Å². The fourth-order valence-electron chi connectivity index (χ4n) is 5.16. The topological polar surface area (TPSA) is 81.1 Å². The Bertz CT molecular complexity index is 1740. The molecule has 0 saturated carbocycles. The number of alkyl halides is 3. The molecule has 0 spiro atoms. The molecule has 1 saturated heterocycles. The van der Waals surface area contributed by atoms with E-state index in [2.05, 4.69) is 0 Å². The molecular weight excluding hydrogens is 583 g/mol. The first-order valence-corrected chi connectivity index (χ1v) is 14.9. The van der Waals surface area contributed by atoms with Gasteiger partial charge in [0.1, 0.15) is 11.5 Å². The Balaban J connectivity index is 1.43. The lowest BCUT2D eigenvalue weighted by Crippen LogP contribution is -2.50. The van der Waals surface area contributed by atoms with Crippen molar-refractivity contribution in [2.45, 2.75) is 18.0 Å². The van der Waals surface area contributed by atoms with E-state index in [0.29, 0.717) is 28.8 Å². The van der Waals surface area contributed by atoms with E-state index < -0.39 is 26.7 Å². The van der Waals surface area contributed by atoms with Crippen molar-refractivity contribution < 1.29 is 35.9 Å². The molecule has 1 amide bonds. The number of carbonyl (C=O) groups is 1. The Morgan fingerprint density at radius 3 is 2.09 bits per heavy atom. The second-order valence-corrected chi connectivity index (χ2v) is 12.0. The summed E-state index contributed by atoms with van der Waals surface area (Å²) in [6, 6.07) is 20.4. The van der Waals surface area contributed by atoms with Gasteiger partial charge in [-0.2, -0.15) is 17.5 Å². The predicted octanol–water partition coefficient (Wildman–Crippen LogP) is 5.64. The zero-order valence-electron chi connectivity index (χ0n) is 23.8. The Morgan fingerprint density at radius 1 is 0.814 bits per heavy atom. The second-order valence-electron chi connectivity index (χ2n) is 10.0.